The van der Waals surface area contributed by atoms with Crippen molar-refractivity contribution in [2.24, 2.45) is 0 Å². The Hall–Kier alpha value is -0.920. The van der Waals surface area contributed by atoms with Crippen LogP contribution in [0.2, 0.25) is 0 Å². The van der Waals surface area contributed by atoms with E-state index in [1.165, 1.54) is 0 Å². The van der Waals surface area contributed by atoms with E-state index >= 15 is 0 Å². The number of hydrogen-bond donors (Lipinski definition) is 2. The van der Waals surface area contributed by atoms with E-state index in [2.05, 4.69) is 42.5 Å². The van der Waals surface area contributed by atoms with E-state index < -0.39 is 0 Å². The summed E-state index contributed by atoms with van der Waals surface area (Å²) >= 11 is 6.65. The van der Waals surface area contributed by atoms with Gasteiger partial charge in [0.25, 0.3) is 5.91 Å². The third kappa shape index (κ3) is 4.04. The summed E-state index contributed by atoms with van der Waals surface area (Å²) in [6.07, 6.45) is 0. The standard InChI is InChI=1S/C13H15Br2N3O2/c14-9-1-2-11(15)10(7-9)13(20)17-8-12(19)18-5-3-16-4-6-18/h1-2,7,16H,3-6,8H2,(H,17,20). The maximum Gasteiger partial charge on any atom is 0.252 e. The summed E-state index contributed by atoms with van der Waals surface area (Å²) in [5.74, 6) is -0.312. The number of piperazine rings is 1. The molecule has 1 heterocycles. The van der Waals surface area contributed by atoms with E-state index in [4.69, 9.17) is 0 Å². The van der Waals surface area contributed by atoms with Gasteiger partial charge < -0.3 is 15.5 Å². The van der Waals surface area contributed by atoms with Crippen LogP contribution >= 0.6 is 31.9 Å². The molecule has 5 nitrogen and oxygen atoms in total. The Morgan fingerprint density at radius 3 is 2.65 bits per heavy atom. The van der Waals surface area contributed by atoms with Crippen molar-refractivity contribution in [3.63, 3.8) is 0 Å². The summed E-state index contributed by atoms with van der Waals surface area (Å²) in [5, 5.41) is 5.84. The van der Waals surface area contributed by atoms with Gasteiger partial charge in [0.2, 0.25) is 5.91 Å². The normalized spacial score (nSPS) is 15.0. The molecule has 7 heteroatoms. The van der Waals surface area contributed by atoms with Crippen LogP contribution < -0.4 is 10.6 Å². The molecule has 1 aliphatic heterocycles. The number of halogens is 2. The molecule has 0 radical (unpaired) electrons. The number of nitrogens with zero attached hydrogens (tertiary/aromatic N) is 1. The van der Waals surface area contributed by atoms with Gasteiger partial charge in [-0.05, 0) is 34.1 Å². The van der Waals surface area contributed by atoms with E-state index in [0.717, 1.165) is 17.6 Å². The third-order valence-corrected chi connectivity index (χ3v) is 4.23. The number of carbonyl (C=O) groups is 2. The molecule has 1 aromatic carbocycles. The second-order valence-electron chi connectivity index (χ2n) is 4.44. The molecular formula is C13H15Br2N3O2. The molecule has 20 heavy (non-hydrogen) atoms. The zero-order chi connectivity index (χ0) is 14.5. The molecule has 2 rings (SSSR count). The quantitative estimate of drug-likeness (QED) is 0.799. The van der Waals surface area contributed by atoms with Crippen LogP contribution in [0.3, 0.4) is 0 Å². The zero-order valence-corrected chi connectivity index (χ0v) is 14.0. The molecule has 0 aliphatic carbocycles. The van der Waals surface area contributed by atoms with Crippen molar-refractivity contribution in [2.75, 3.05) is 32.7 Å². The predicted molar refractivity (Wildman–Crippen MR) is 83.6 cm³/mol. The van der Waals surface area contributed by atoms with Gasteiger partial charge >= 0.3 is 0 Å². The number of rotatable bonds is 3. The molecule has 0 bridgehead atoms. The van der Waals surface area contributed by atoms with Crippen molar-refractivity contribution in [3.8, 4) is 0 Å². The van der Waals surface area contributed by atoms with Crippen molar-refractivity contribution in [3.05, 3.63) is 32.7 Å². The average Bonchev–Trinajstić information content (AvgIpc) is 2.47. The van der Waals surface area contributed by atoms with Crippen LogP contribution in [0.15, 0.2) is 27.1 Å². The zero-order valence-electron chi connectivity index (χ0n) is 10.8. The summed E-state index contributed by atoms with van der Waals surface area (Å²) in [5.41, 5.74) is 0.507. The van der Waals surface area contributed by atoms with Crippen LogP contribution in [-0.2, 0) is 4.79 Å². The summed E-state index contributed by atoms with van der Waals surface area (Å²) in [6.45, 7) is 3.01. The molecule has 0 spiro atoms. The lowest BCUT2D eigenvalue weighted by molar-refractivity contribution is -0.130. The van der Waals surface area contributed by atoms with Crippen molar-refractivity contribution < 1.29 is 9.59 Å². The Labute approximate surface area is 134 Å². The topological polar surface area (TPSA) is 61.4 Å². The fraction of sp³-hybridized carbons (Fsp3) is 0.385. The number of amides is 2. The van der Waals surface area contributed by atoms with Gasteiger partial charge in [-0.1, -0.05) is 15.9 Å². The van der Waals surface area contributed by atoms with Gasteiger partial charge in [0.1, 0.15) is 0 Å². The maximum absolute atomic E-state index is 12.1. The molecule has 1 aromatic rings. The van der Waals surface area contributed by atoms with Crippen LogP contribution in [0.1, 0.15) is 10.4 Å². The first-order valence-corrected chi connectivity index (χ1v) is 7.88. The van der Waals surface area contributed by atoms with Crippen LogP contribution in [0.5, 0.6) is 0 Å². The lowest BCUT2D eigenvalue weighted by Crippen LogP contribution is -2.49. The highest BCUT2D eigenvalue weighted by molar-refractivity contribution is 9.11. The molecule has 0 atom stereocenters. The predicted octanol–water partition coefficient (Wildman–Crippen LogP) is 1.37. The lowest BCUT2D eigenvalue weighted by atomic mass is 10.2. The fourth-order valence-electron chi connectivity index (χ4n) is 1.95. The monoisotopic (exact) mass is 403 g/mol. The first kappa shape index (κ1) is 15.5. The smallest absolute Gasteiger partial charge is 0.252 e. The van der Waals surface area contributed by atoms with Gasteiger partial charge in [-0.3, -0.25) is 9.59 Å². The molecule has 2 N–H and O–H groups in total. The lowest BCUT2D eigenvalue weighted by Gasteiger charge is -2.27. The SMILES string of the molecule is O=C(NCC(=O)N1CCNCC1)c1cc(Br)ccc1Br. The molecule has 108 valence electrons. The van der Waals surface area contributed by atoms with E-state index in [-0.39, 0.29) is 18.4 Å². The molecule has 1 saturated heterocycles. The minimum atomic E-state index is -0.262. The molecular weight excluding hydrogens is 390 g/mol. The number of hydrogen-bond acceptors (Lipinski definition) is 3. The Morgan fingerprint density at radius 1 is 1.25 bits per heavy atom. The van der Waals surface area contributed by atoms with Gasteiger partial charge in [-0.15, -0.1) is 0 Å². The second kappa shape index (κ2) is 7.19. The second-order valence-corrected chi connectivity index (χ2v) is 6.21. The van der Waals surface area contributed by atoms with Gasteiger partial charge in [0, 0.05) is 35.1 Å². The highest BCUT2D eigenvalue weighted by Gasteiger charge is 2.17. The van der Waals surface area contributed by atoms with E-state index in [1.54, 1.807) is 17.0 Å². The Kier molecular flexibility index (Phi) is 5.56. The van der Waals surface area contributed by atoms with Crippen LogP contribution in [0.4, 0.5) is 0 Å². The van der Waals surface area contributed by atoms with Crippen LogP contribution in [0.25, 0.3) is 0 Å². The fourth-order valence-corrected chi connectivity index (χ4v) is 2.74. The van der Waals surface area contributed by atoms with E-state index in [9.17, 15) is 9.59 Å². The third-order valence-electron chi connectivity index (χ3n) is 3.04. The van der Waals surface area contributed by atoms with Crippen molar-refractivity contribution in [1.29, 1.82) is 0 Å². The Bertz CT molecular complexity index is 516. The van der Waals surface area contributed by atoms with Gasteiger partial charge in [0.15, 0.2) is 0 Å². The number of benzene rings is 1. The number of nitrogens with one attached hydrogen (secondary N) is 2. The highest BCUT2D eigenvalue weighted by Crippen LogP contribution is 2.21. The minimum absolute atomic E-state index is 0.0256. The van der Waals surface area contributed by atoms with Gasteiger partial charge in [0.05, 0.1) is 12.1 Å². The van der Waals surface area contributed by atoms with Gasteiger partial charge in [-0.2, -0.15) is 0 Å². The summed E-state index contributed by atoms with van der Waals surface area (Å²) in [6, 6.07) is 5.35. The first-order valence-electron chi connectivity index (χ1n) is 6.29. The van der Waals surface area contributed by atoms with E-state index in [1.807, 2.05) is 6.07 Å². The molecule has 1 fully saturated rings. The Morgan fingerprint density at radius 2 is 1.95 bits per heavy atom. The molecule has 1 aliphatic rings. The minimum Gasteiger partial charge on any atom is -0.343 e. The Balaban J connectivity index is 1.91. The van der Waals surface area contributed by atoms with Gasteiger partial charge in [-0.25, -0.2) is 0 Å². The van der Waals surface area contributed by atoms with Crippen LogP contribution in [0, 0.1) is 0 Å². The van der Waals surface area contributed by atoms with Crippen molar-refractivity contribution >= 4 is 43.7 Å². The maximum atomic E-state index is 12.1. The molecule has 0 aromatic heterocycles. The van der Waals surface area contributed by atoms with E-state index in [0.29, 0.717) is 23.1 Å². The van der Waals surface area contributed by atoms with Crippen LogP contribution in [-0.4, -0.2) is 49.4 Å². The summed E-state index contributed by atoms with van der Waals surface area (Å²) < 4.78 is 1.52. The average molecular weight is 405 g/mol. The molecule has 0 saturated carbocycles. The molecule has 0 unspecified atom stereocenters. The molecule has 2 amide bonds. The number of carbonyl (C=O) groups excluding carboxylic acids is 2. The highest BCUT2D eigenvalue weighted by atomic mass is 79.9. The van der Waals surface area contributed by atoms with Crippen molar-refractivity contribution in [1.82, 2.24) is 15.5 Å². The van der Waals surface area contributed by atoms with Crippen molar-refractivity contribution in [2.45, 2.75) is 0 Å². The summed E-state index contributed by atoms with van der Waals surface area (Å²) in [4.78, 5) is 25.8. The first-order chi connectivity index (χ1) is 9.58. The largest absolute Gasteiger partial charge is 0.343 e. The summed E-state index contributed by atoms with van der Waals surface area (Å²) in [7, 11) is 0.